The van der Waals surface area contributed by atoms with Crippen molar-refractivity contribution in [2.45, 2.75) is 44.7 Å². The fourth-order valence-electron chi connectivity index (χ4n) is 3.73. The Morgan fingerprint density at radius 3 is 2.71 bits per heavy atom. The predicted octanol–water partition coefficient (Wildman–Crippen LogP) is 4.19. The zero-order chi connectivity index (χ0) is 16.5. The van der Waals surface area contributed by atoms with Gasteiger partial charge in [-0.15, -0.1) is 0 Å². The van der Waals surface area contributed by atoms with Gasteiger partial charge in [0.1, 0.15) is 5.82 Å². The molecule has 1 aromatic carbocycles. The Morgan fingerprint density at radius 2 is 1.92 bits per heavy atom. The second kappa shape index (κ2) is 6.36. The number of piperidine rings is 1. The van der Waals surface area contributed by atoms with Gasteiger partial charge in [0.2, 0.25) is 0 Å². The first-order chi connectivity index (χ1) is 11.7. The van der Waals surface area contributed by atoms with Crippen LogP contribution < -0.4 is 5.32 Å². The fraction of sp³-hybridized carbons (Fsp3) is 0.400. The van der Waals surface area contributed by atoms with Crippen LogP contribution in [-0.2, 0) is 0 Å². The Balaban J connectivity index is 1.65. The molecule has 0 spiro atoms. The van der Waals surface area contributed by atoms with Crippen molar-refractivity contribution >= 4 is 11.0 Å². The number of nitrogens with one attached hydrogen (secondary N) is 2. The Hall–Kier alpha value is -2.20. The molecular formula is C20H24N4. The number of rotatable bonds is 3. The van der Waals surface area contributed by atoms with E-state index < -0.39 is 0 Å². The number of benzene rings is 1. The zero-order valence-electron chi connectivity index (χ0n) is 14.2. The van der Waals surface area contributed by atoms with Crippen molar-refractivity contribution in [1.29, 1.82) is 0 Å². The second-order valence-electron chi connectivity index (χ2n) is 7.15. The number of aromatic amines is 1. The maximum atomic E-state index is 4.81. The first kappa shape index (κ1) is 15.3. The van der Waals surface area contributed by atoms with Crippen LogP contribution in [0.25, 0.3) is 11.0 Å². The molecule has 4 rings (SSSR count). The third kappa shape index (κ3) is 2.94. The van der Waals surface area contributed by atoms with Crippen molar-refractivity contribution in [2.24, 2.45) is 5.92 Å². The molecular weight excluding hydrogens is 296 g/mol. The van der Waals surface area contributed by atoms with E-state index >= 15 is 0 Å². The number of H-pyrrole nitrogens is 1. The lowest BCUT2D eigenvalue weighted by Gasteiger charge is -2.38. The number of aromatic nitrogens is 3. The molecule has 3 aromatic rings. The third-order valence-electron chi connectivity index (χ3n) is 5.16. The fourth-order valence-corrected chi connectivity index (χ4v) is 3.73. The molecule has 0 aliphatic carbocycles. The lowest BCUT2D eigenvalue weighted by Crippen LogP contribution is -2.43. The van der Waals surface area contributed by atoms with Gasteiger partial charge in [-0.2, -0.15) is 0 Å². The van der Waals surface area contributed by atoms with E-state index in [4.69, 9.17) is 4.98 Å². The highest BCUT2D eigenvalue weighted by molar-refractivity contribution is 5.73. The molecule has 3 unspecified atom stereocenters. The van der Waals surface area contributed by atoms with Crippen molar-refractivity contribution in [2.75, 3.05) is 0 Å². The van der Waals surface area contributed by atoms with Crippen molar-refractivity contribution in [3.8, 4) is 0 Å². The first-order valence-electron chi connectivity index (χ1n) is 8.81. The molecule has 0 bridgehead atoms. The molecule has 2 aromatic heterocycles. The summed E-state index contributed by atoms with van der Waals surface area (Å²) in [6.45, 7) is 4.58. The number of nitrogens with zero attached hydrogens (tertiary/aromatic N) is 2. The molecule has 1 saturated heterocycles. The van der Waals surface area contributed by atoms with Crippen molar-refractivity contribution < 1.29 is 0 Å². The lowest BCUT2D eigenvalue weighted by atomic mass is 9.81. The molecule has 124 valence electrons. The Morgan fingerprint density at radius 1 is 1.08 bits per heavy atom. The molecule has 2 N–H and O–H groups in total. The van der Waals surface area contributed by atoms with Crippen LogP contribution in [0.5, 0.6) is 0 Å². The van der Waals surface area contributed by atoms with Gasteiger partial charge in [-0.05, 0) is 30.4 Å². The van der Waals surface area contributed by atoms with E-state index in [1.165, 1.54) is 5.56 Å². The van der Waals surface area contributed by atoms with Crippen LogP contribution in [0, 0.1) is 5.92 Å². The van der Waals surface area contributed by atoms with Gasteiger partial charge in [0.05, 0.1) is 17.2 Å². The van der Waals surface area contributed by atoms with Crippen molar-refractivity contribution in [3.05, 3.63) is 60.2 Å². The molecule has 1 aliphatic heterocycles. The van der Waals surface area contributed by atoms with Gasteiger partial charge < -0.3 is 10.3 Å². The van der Waals surface area contributed by atoms with Gasteiger partial charge in [-0.25, -0.2) is 9.97 Å². The topological polar surface area (TPSA) is 53.6 Å². The average molecular weight is 320 g/mol. The van der Waals surface area contributed by atoms with Crippen LogP contribution >= 0.6 is 0 Å². The maximum Gasteiger partial charge on any atom is 0.132 e. The number of fused-ring (bicyclic) bond motifs is 1. The van der Waals surface area contributed by atoms with E-state index in [0.29, 0.717) is 23.9 Å². The summed E-state index contributed by atoms with van der Waals surface area (Å²) in [6, 6.07) is 13.6. The minimum atomic E-state index is 0.364. The SMILES string of the molecule is CC(C)C1CC(c2ncc3[nH]ccc3n2)CC(c2ccccc2)N1. The Kier molecular flexibility index (Phi) is 4.07. The van der Waals surface area contributed by atoms with Crippen molar-refractivity contribution in [3.63, 3.8) is 0 Å². The first-order valence-corrected chi connectivity index (χ1v) is 8.81. The summed E-state index contributed by atoms with van der Waals surface area (Å²) >= 11 is 0. The van der Waals surface area contributed by atoms with E-state index in [1.54, 1.807) is 0 Å². The molecule has 1 aliphatic rings. The summed E-state index contributed by atoms with van der Waals surface area (Å²) < 4.78 is 0. The van der Waals surface area contributed by atoms with E-state index in [9.17, 15) is 0 Å². The second-order valence-corrected chi connectivity index (χ2v) is 7.15. The van der Waals surface area contributed by atoms with Crippen LogP contribution in [-0.4, -0.2) is 21.0 Å². The Bertz CT molecular complexity index is 809. The van der Waals surface area contributed by atoms with Crippen molar-refractivity contribution in [1.82, 2.24) is 20.3 Å². The predicted molar refractivity (Wildman–Crippen MR) is 96.8 cm³/mol. The molecule has 24 heavy (non-hydrogen) atoms. The summed E-state index contributed by atoms with van der Waals surface area (Å²) in [6.07, 6.45) is 5.98. The quantitative estimate of drug-likeness (QED) is 0.761. The minimum absolute atomic E-state index is 0.364. The highest BCUT2D eigenvalue weighted by Gasteiger charge is 2.32. The maximum absolute atomic E-state index is 4.81. The normalized spacial score (nSPS) is 24.5. The molecule has 1 fully saturated rings. The van der Waals surface area contributed by atoms with Crippen LogP contribution in [0.4, 0.5) is 0 Å². The molecule has 4 nitrogen and oxygen atoms in total. The van der Waals surface area contributed by atoms with Gasteiger partial charge in [0, 0.05) is 24.2 Å². The van der Waals surface area contributed by atoms with Gasteiger partial charge in [-0.1, -0.05) is 44.2 Å². The smallest absolute Gasteiger partial charge is 0.132 e. The highest BCUT2D eigenvalue weighted by Crippen LogP contribution is 2.37. The summed E-state index contributed by atoms with van der Waals surface area (Å²) in [5.74, 6) is 1.97. The molecule has 3 heterocycles. The van der Waals surface area contributed by atoms with Crippen LogP contribution in [0.3, 0.4) is 0 Å². The van der Waals surface area contributed by atoms with Crippen LogP contribution in [0.15, 0.2) is 48.8 Å². The molecule has 3 atom stereocenters. The monoisotopic (exact) mass is 320 g/mol. The summed E-state index contributed by atoms with van der Waals surface area (Å²) in [5.41, 5.74) is 3.37. The average Bonchev–Trinajstić information content (AvgIpc) is 3.09. The minimum Gasteiger partial charge on any atom is -0.359 e. The number of hydrogen-bond donors (Lipinski definition) is 2. The van der Waals surface area contributed by atoms with Gasteiger partial charge in [0.25, 0.3) is 0 Å². The van der Waals surface area contributed by atoms with Crippen LogP contribution in [0.1, 0.15) is 50.0 Å². The van der Waals surface area contributed by atoms with Crippen LogP contribution in [0.2, 0.25) is 0 Å². The molecule has 0 amide bonds. The lowest BCUT2D eigenvalue weighted by molar-refractivity contribution is 0.241. The third-order valence-corrected chi connectivity index (χ3v) is 5.16. The summed E-state index contributed by atoms with van der Waals surface area (Å²) in [5, 5.41) is 3.84. The van der Waals surface area contributed by atoms with E-state index in [1.807, 2.05) is 18.5 Å². The summed E-state index contributed by atoms with van der Waals surface area (Å²) in [7, 11) is 0. The van der Waals surface area contributed by atoms with E-state index in [-0.39, 0.29) is 0 Å². The number of hydrogen-bond acceptors (Lipinski definition) is 3. The van der Waals surface area contributed by atoms with Gasteiger partial charge in [0.15, 0.2) is 0 Å². The molecule has 0 radical (unpaired) electrons. The standard InChI is InChI=1S/C20H24N4/c1-13(2)17-10-15(11-18(23-17)14-6-4-3-5-7-14)20-22-12-19-16(24-20)8-9-21-19/h3-9,12-13,15,17-18,21,23H,10-11H2,1-2H3. The molecule has 4 heteroatoms. The summed E-state index contributed by atoms with van der Waals surface area (Å²) in [4.78, 5) is 12.6. The molecule has 0 saturated carbocycles. The van der Waals surface area contributed by atoms with Gasteiger partial charge >= 0.3 is 0 Å². The highest BCUT2D eigenvalue weighted by atomic mass is 15.0. The van der Waals surface area contributed by atoms with E-state index in [0.717, 1.165) is 29.7 Å². The van der Waals surface area contributed by atoms with Gasteiger partial charge in [-0.3, -0.25) is 0 Å². The zero-order valence-corrected chi connectivity index (χ0v) is 14.2. The van der Waals surface area contributed by atoms with E-state index in [2.05, 4.69) is 59.5 Å². The largest absolute Gasteiger partial charge is 0.359 e. The Labute approximate surface area is 142 Å².